The van der Waals surface area contributed by atoms with Gasteiger partial charge in [0.1, 0.15) is 31.2 Å². The lowest BCUT2D eigenvalue weighted by atomic mass is 10.1. The number of aliphatic hydroxyl groups is 2. The summed E-state index contributed by atoms with van der Waals surface area (Å²) in [5.74, 6) is 0.557. The molecule has 0 bridgehead atoms. The minimum absolute atomic E-state index is 0.136. The number of fused-ring (bicyclic) bond motifs is 1. The van der Waals surface area contributed by atoms with Crippen molar-refractivity contribution in [2.24, 2.45) is 0 Å². The van der Waals surface area contributed by atoms with Gasteiger partial charge in [0.05, 0.1) is 19.0 Å². The van der Waals surface area contributed by atoms with E-state index in [0.29, 0.717) is 30.2 Å². The third-order valence-electron chi connectivity index (χ3n) is 5.01. The standard InChI is InChI=1S/C18H24N6O6/c1-2-4-19-18(27)29-7-11-13(25)14(26)17(30-11)24-9-22-12-15(20-8-21-16(12)24)23-10-3-5-28-6-10/h2,8-11,13-14,17,25-26H,1,3-7H2,(H,19,27)(H,20,21,23)/t10-,11?,13?,14?,17?/m1/s1. The number of aromatic nitrogens is 4. The molecule has 4 unspecified atom stereocenters. The van der Waals surface area contributed by atoms with Crippen LogP contribution >= 0.6 is 0 Å². The van der Waals surface area contributed by atoms with E-state index in [1.54, 1.807) is 0 Å². The number of hydrogen-bond acceptors (Lipinski definition) is 10. The number of ether oxygens (including phenoxy) is 3. The van der Waals surface area contributed by atoms with E-state index in [1.165, 1.54) is 23.3 Å². The van der Waals surface area contributed by atoms with Crippen LogP contribution in [0, 0.1) is 0 Å². The number of carbonyl (C=O) groups is 1. The Morgan fingerprint density at radius 1 is 1.37 bits per heavy atom. The predicted octanol–water partition coefficient (Wildman–Crippen LogP) is -0.441. The van der Waals surface area contributed by atoms with Gasteiger partial charge in [0.15, 0.2) is 23.2 Å². The van der Waals surface area contributed by atoms with Crippen LogP contribution in [-0.2, 0) is 14.2 Å². The molecule has 0 radical (unpaired) electrons. The van der Waals surface area contributed by atoms with Gasteiger partial charge in [0.2, 0.25) is 0 Å². The monoisotopic (exact) mass is 420 g/mol. The Labute approximate surface area is 171 Å². The number of nitrogens with zero attached hydrogens (tertiary/aromatic N) is 4. The van der Waals surface area contributed by atoms with Crippen molar-refractivity contribution >= 4 is 23.1 Å². The van der Waals surface area contributed by atoms with E-state index in [1.807, 2.05) is 0 Å². The van der Waals surface area contributed by atoms with Crippen LogP contribution in [0.25, 0.3) is 11.2 Å². The largest absolute Gasteiger partial charge is 0.447 e. The zero-order valence-electron chi connectivity index (χ0n) is 16.2. The summed E-state index contributed by atoms with van der Waals surface area (Å²) in [4.78, 5) is 24.4. The Bertz CT molecular complexity index is 900. The second-order valence-corrected chi connectivity index (χ2v) is 7.07. The van der Waals surface area contributed by atoms with Crippen LogP contribution in [0.2, 0.25) is 0 Å². The summed E-state index contributed by atoms with van der Waals surface area (Å²) in [6, 6.07) is 0.136. The molecule has 0 aromatic carbocycles. The van der Waals surface area contributed by atoms with E-state index in [4.69, 9.17) is 14.2 Å². The van der Waals surface area contributed by atoms with Gasteiger partial charge in [0.25, 0.3) is 0 Å². The van der Waals surface area contributed by atoms with Gasteiger partial charge in [-0.15, -0.1) is 6.58 Å². The van der Waals surface area contributed by atoms with Crippen molar-refractivity contribution in [2.75, 3.05) is 31.7 Å². The molecule has 0 saturated carbocycles. The van der Waals surface area contributed by atoms with Gasteiger partial charge in [-0.1, -0.05) is 6.08 Å². The van der Waals surface area contributed by atoms with E-state index in [2.05, 4.69) is 32.2 Å². The van der Waals surface area contributed by atoms with E-state index in [-0.39, 0.29) is 19.2 Å². The molecular weight excluding hydrogens is 396 g/mol. The molecule has 2 aliphatic rings. The highest BCUT2D eigenvalue weighted by atomic mass is 16.6. The first-order valence-corrected chi connectivity index (χ1v) is 9.63. The molecule has 0 aliphatic carbocycles. The van der Waals surface area contributed by atoms with Gasteiger partial charge in [0, 0.05) is 13.2 Å². The molecule has 4 rings (SSSR count). The van der Waals surface area contributed by atoms with Gasteiger partial charge >= 0.3 is 6.09 Å². The van der Waals surface area contributed by atoms with Crippen molar-refractivity contribution in [3.8, 4) is 0 Å². The van der Waals surface area contributed by atoms with Crippen molar-refractivity contribution < 1.29 is 29.2 Å². The van der Waals surface area contributed by atoms with E-state index < -0.39 is 30.6 Å². The molecule has 12 nitrogen and oxygen atoms in total. The molecule has 4 N–H and O–H groups in total. The van der Waals surface area contributed by atoms with Crippen molar-refractivity contribution in [1.82, 2.24) is 24.8 Å². The minimum Gasteiger partial charge on any atom is -0.447 e. The molecule has 1 amide bonds. The summed E-state index contributed by atoms with van der Waals surface area (Å²) >= 11 is 0. The van der Waals surface area contributed by atoms with Crippen LogP contribution < -0.4 is 10.6 Å². The summed E-state index contributed by atoms with van der Waals surface area (Å²) < 4.78 is 17.7. The lowest BCUT2D eigenvalue weighted by Crippen LogP contribution is -2.36. The number of hydrogen-bond donors (Lipinski definition) is 4. The topological polar surface area (TPSA) is 153 Å². The second kappa shape index (κ2) is 8.92. The van der Waals surface area contributed by atoms with E-state index in [9.17, 15) is 15.0 Å². The Morgan fingerprint density at radius 2 is 2.23 bits per heavy atom. The van der Waals surface area contributed by atoms with Gasteiger partial charge in [-0.05, 0) is 6.42 Å². The summed E-state index contributed by atoms with van der Waals surface area (Å²) in [6.45, 7) is 4.79. The molecule has 4 heterocycles. The van der Waals surface area contributed by atoms with E-state index >= 15 is 0 Å². The fourth-order valence-corrected chi connectivity index (χ4v) is 3.45. The summed E-state index contributed by atoms with van der Waals surface area (Å²) in [5, 5.41) is 26.6. The van der Waals surface area contributed by atoms with Crippen LogP contribution in [0.3, 0.4) is 0 Å². The number of rotatable bonds is 7. The molecule has 2 aromatic rings. The molecule has 5 atom stereocenters. The Hall–Kier alpha value is -2.80. The van der Waals surface area contributed by atoms with Gasteiger partial charge in [-0.2, -0.15) is 0 Å². The third-order valence-corrected chi connectivity index (χ3v) is 5.01. The molecule has 0 spiro atoms. The predicted molar refractivity (Wildman–Crippen MR) is 104 cm³/mol. The Balaban J connectivity index is 1.48. The maximum Gasteiger partial charge on any atom is 0.407 e. The quantitative estimate of drug-likeness (QED) is 0.434. The molecule has 2 aliphatic heterocycles. The third kappa shape index (κ3) is 4.07. The van der Waals surface area contributed by atoms with Gasteiger partial charge in [-0.25, -0.2) is 19.7 Å². The molecule has 2 saturated heterocycles. The highest BCUT2D eigenvalue weighted by Crippen LogP contribution is 2.32. The lowest BCUT2D eigenvalue weighted by Gasteiger charge is -2.17. The lowest BCUT2D eigenvalue weighted by molar-refractivity contribution is -0.0532. The zero-order valence-corrected chi connectivity index (χ0v) is 16.2. The molecular formula is C18H24N6O6. The fourth-order valence-electron chi connectivity index (χ4n) is 3.45. The number of alkyl carbamates (subject to hydrolysis) is 1. The number of anilines is 1. The number of aliphatic hydroxyl groups excluding tert-OH is 2. The SMILES string of the molecule is C=CCNC(=O)OCC1OC(n2cnc3c(N[C@@H]4CCOC4)ncnc32)C(O)C1O. The van der Waals surface area contributed by atoms with Crippen LogP contribution in [-0.4, -0.2) is 86.5 Å². The van der Waals surface area contributed by atoms with Crippen LogP contribution in [0.4, 0.5) is 10.6 Å². The average Bonchev–Trinajstić information content (AvgIpc) is 3.47. The molecule has 162 valence electrons. The van der Waals surface area contributed by atoms with Crippen LogP contribution in [0.1, 0.15) is 12.6 Å². The number of imidazole rings is 1. The molecule has 12 heteroatoms. The highest BCUT2D eigenvalue weighted by Gasteiger charge is 2.45. The second-order valence-electron chi connectivity index (χ2n) is 7.07. The van der Waals surface area contributed by atoms with Gasteiger partial charge in [-0.3, -0.25) is 4.57 Å². The smallest absolute Gasteiger partial charge is 0.407 e. The Kier molecular flexibility index (Phi) is 6.08. The van der Waals surface area contributed by atoms with Crippen molar-refractivity contribution in [3.05, 3.63) is 25.3 Å². The fraction of sp³-hybridized carbons (Fsp3) is 0.556. The number of carbonyl (C=O) groups excluding carboxylic acids is 1. The summed E-state index contributed by atoms with van der Waals surface area (Å²) in [6.07, 6.45) is 0.186. The first-order valence-electron chi connectivity index (χ1n) is 9.63. The van der Waals surface area contributed by atoms with Crippen LogP contribution in [0.5, 0.6) is 0 Å². The summed E-state index contributed by atoms with van der Waals surface area (Å²) in [7, 11) is 0. The molecule has 2 fully saturated rings. The van der Waals surface area contributed by atoms with Crippen LogP contribution in [0.15, 0.2) is 25.3 Å². The number of nitrogens with one attached hydrogen (secondary N) is 2. The first-order chi connectivity index (χ1) is 14.6. The van der Waals surface area contributed by atoms with Crippen molar-refractivity contribution in [2.45, 2.75) is 37.0 Å². The Morgan fingerprint density at radius 3 is 3.00 bits per heavy atom. The van der Waals surface area contributed by atoms with Gasteiger partial charge < -0.3 is 35.1 Å². The highest BCUT2D eigenvalue weighted by molar-refractivity contribution is 5.82. The normalized spacial score (nSPS) is 28.5. The maximum absolute atomic E-state index is 11.6. The number of amides is 1. The maximum atomic E-state index is 11.6. The molecule has 2 aromatic heterocycles. The van der Waals surface area contributed by atoms with Crippen molar-refractivity contribution in [1.29, 1.82) is 0 Å². The minimum atomic E-state index is -1.26. The van der Waals surface area contributed by atoms with E-state index in [0.717, 1.165) is 6.42 Å². The first kappa shape index (κ1) is 20.5. The average molecular weight is 420 g/mol. The summed E-state index contributed by atoms with van der Waals surface area (Å²) in [5.41, 5.74) is 0.950. The zero-order chi connectivity index (χ0) is 21.1. The molecule has 30 heavy (non-hydrogen) atoms. The van der Waals surface area contributed by atoms with Crippen molar-refractivity contribution in [3.63, 3.8) is 0 Å².